The molecule has 72 valence electrons. The van der Waals surface area contributed by atoms with Crippen LogP contribution < -0.4 is 5.32 Å². The van der Waals surface area contributed by atoms with Gasteiger partial charge in [0.05, 0.1) is 12.3 Å². The molecule has 0 spiro atoms. The highest BCUT2D eigenvalue weighted by molar-refractivity contribution is 5.79. The van der Waals surface area contributed by atoms with Gasteiger partial charge in [-0.2, -0.15) is 8.78 Å². The molecule has 0 fully saturated rings. The van der Waals surface area contributed by atoms with Crippen LogP contribution in [0.2, 0.25) is 0 Å². The zero-order valence-corrected chi connectivity index (χ0v) is 6.96. The smallest absolute Gasteiger partial charge is 0.315 e. The zero-order valence-electron chi connectivity index (χ0n) is 6.96. The molecule has 0 unspecified atom stereocenters. The monoisotopic (exact) mass is 189 g/mol. The number of hydrogen-bond donors (Lipinski definition) is 1. The molecule has 1 aromatic rings. The highest BCUT2D eigenvalue weighted by atomic mass is 19.3. The molecule has 0 saturated heterocycles. The topological polar surface area (TPSA) is 42.2 Å². The van der Waals surface area contributed by atoms with E-state index >= 15 is 0 Å². The second-order valence-electron chi connectivity index (χ2n) is 2.55. The molecule has 1 aromatic heterocycles. The molecule has 0 aromatic carbocycles. The Morgan fingerprint density at radius 1 is 1.62 bits per heavy atom. The minimum Gasteiger partial charge on any atom is -0.467 e. The molecule has 0 saturated carbocycles. The largest absolute Gasteiger partial charge is 0.467 e. The van der Waals surface area contributed by atoms with E-state index in [1.807, 2.05) is 0 Å². The molecule has 1 atom stereocenters. The van der Waals surface area contributed by atoms with Crippen molar-refractivity contribution in [1.29, 1.82) is 0 Å². The van der Waals surface area contributed by atoms with E-state index in [-0.39, 0.29) is 0 Å². The standard InChI is InChI=1S/C8H9F2NO2/c1-5(6-3-2-4-13-6)11-8(12)7(9)10/h2-5,7H,1H3,(H,11,12)/t5-/m1/s1. The summed E-state index contributed by atoms with van der Waals surface area (Å²) in [6.07, 6.45) is -1.57. The Bertz CT molecular complexity index is 272. The van der Waals surface area contributed by atoms with Crippen molar-refractivity contribution in [2.45, 2.75) is 19.4 Å². The summed E-state index contributed by atoms with van der Waals surface area (Å²) in [7, 11) is 0. The molecule has 1 heterocycles. The number of rotatable bonds is 3. The summed E-state index contributed by atoms with van der Waals surface area (Å²) in [6.45, 7) is 1.57. The van der Waals surface area contributed by atoms with E-state index in [1.54, 1.807) is 19.1 Å². The number of alkyl halides is 2. The van der Waals surface area contributed by atoms with Crippen LogP contribution in [0.1, 0.15) is 18.7 Å². The first-order chi connectivity index (χ1) is 6.11. The predicted octanol–water partition coefficient (Wildman–Crippen LogP) is 1.72. The number of halogens is 2. The second kappa shape index (κ2) is 4.02. The van der Waals surface area contributed by atoms with E-state index in [0.717, 1.165) is 0 Å². The van der Waals surface area contributed by atoms with Crippen LogP contribution in [0.4, 0.5) is 8.78 Å². The molecule has 1 N–H and O–H groups in total. The van der Waals surface area contributed by atoms with Gasteiger partial charge in [-0.1, -0.05) is 0 Å². The Kier molecular flexibility index (Phi) is 3.00. The van der Waals surface area contributed by atoms with Crippen LogP contribution in [0.3, 0.4) is 0 Å². The molecule has 0 bridgehead atoms. The van der Waals surface area contributed by atoms with Gasteiger partial charge in [0.1, 0.15) is 5.76 Å². The van der Waals surface area contributed by atoms with Crippen molar-refractivity contribution in [1.82, 2.24) is 5.32 Å². The van der Waals surface area contributed by atoms with Crippen LogP contribution in [0.25, 0.3) is 0 Å². The normalized spacial score (nSPS) is 12.9. The number of carbonyl (C=O) groups is 1. The molecule has 0 aliphatic carbocycles. The van der Waals surface area contributed by atoms with Gasteiger partial charge in [-0.3, -0.25) is 4.79 Å². The van der Waals surface area contributed by atoms with Crippen molar-refractivity contribution in [3.05, 3.63) is 24.2 Å². The van der Waals surface area contributed by atoms with Crippen molar-refractivity contribution in [3.8, 4) is 0 Å². The fraction of sp³-hybridized carbons (Fsp3) is 0.375. The maximum Gasteiger partial charge on any atom is 0.315 e. The molecule has 13 heavy (non-hydrogen) atoms. The lowest BCUT2D eigenvalue weighted by Crippen LogP contribution is -2.31. The van der Waals surface area contributed by atoms with E-state index in [4.69, 9.17) is 4.42 Å². The average Bonchev–Trinajstić information content (AvgIpc) is 2.55. The van der Waals surface area contributed by atoms with Crippen LogP contribution in [-0.4, -0.2) is 12.3 Å². The highest BCUT2D eigenvalue weighted by Gasteiger charge is 2.18. The van der Waals surface area contributed by atoms with E-state index in [2.05, 4.69) is 5.32 Å². The van der Waals surface area contributed by atoms with Gasteiger partial charge >= 0.3 is 6.43 Å². The Morgan fingerprint density at radius 2 is 2.31 bits per heavy atom. The summed E-state index contributed by atoms with van der Waals surface area (Å²) in [5.41, 5.74) is 0. The quantitative estimate of drug-likeness (QED) is 0.786. The van der Waals surface area contributed by atoms with Crippen molar-refractivity contribution in [3.63, 3.8) is 0 Å². The number of amides is 1. The number of furan rings is 1. The molecule has 0 radical (unpaired) electrons. The van der Waals surface area contributed by atoms with Gasteiger partial charge in [-0.25, -0.2) is 0 Å². The fourth-order valence-corrected chi connectivity index (χ4v) is 0.885. The van der Waals surface area contributed by atoms with E-state index in [0.29, 0.717) is 5.76 Å². The van der Waals surface area contributed by atoms with Gasteiger partial charge in [-0.05, 0) is 19.1 Å². The SMILES string of the molecule is C[C@@H](NC(=O)C(F)F)c1ccco1. The highest BCUT2D eigenvalue weighted by Crippen LogP contribution is 2.12. The molecular weight excluding hydrogens is 180 g/mol. The van der Waals surface area contributed by atoms with Crippen molar-refractivity contribution >= 4 is 5.91 Å². The lowest BCUT2D eigenvalue weighted by Gasteiger charge is -2.10. The Balaban J connectivity index is 2.51. The predicted molar refractivity (Wildman–Crippen MR) is 41.3 cm³/mol. The third-order valence-corrected chi connectivity index (χ3v) is 1.53. The van der Waals surface area contributed by atoms with Gasteiger partial charge < -0.3 is 9.73 Å². The maximum absolute atomic E-state index is 11.8. The minimum absolute atomic E-state index is 0.453. The molecule has 1 amide bonds. The van der Waals surface area contributed by atoms with Crippen molar-refractivity contribution in [2.24, 2.45) is 0 Å². The summed E-state index contributed by atoms with van der Waals surface area (Å²) in [5, 5.41) is 2.10. The molecule has 3 nitrogen and oxygen atoms in total. The van der Waals surface area contributed by atoms with Gasteiger partial charge in [0.2, 0.25) is 0 Å². The maximum atomic E-state index is 11.8. The molecule has 1 rings (SSSR count). The summed E-state index contributed by atoms with van der Waals surface area (Å²) in [6, 6.07) is 2.70. The van der Waals surface area contributed by atoms with Crippen LogP contribution in [-0.2, 0) is 4.79 Å². The van der Waals surface area contributed by atoms with Crippen molar-refractivity contribution < 1.29 is 18.0 Å². The third kappa shape index (κ3) is 2.54. The summed E-state index contributed by atoms with van der Waals surface area (Å²) in [4.78, 5) is 10.5. The number of hydrogen-bond acceptors (Lipinski definition) is 2. The first-order valence-electron chi connectivity index (χ1n) is 3.73. The van der Waals surface area contributed by atoms with Crippen LogP contribution in [0.15, 0.2) is 22.8 Å². The first kappa shape index (κ1) is 9.70. The van der Waals surface area contributed by atoms with E-state index in [9.17, 15) is 13.6 Å². The zero-order chi connectivity index (χ0) is 9.84. The van der Waals surface area contributed by atoms with E-state index < -0.39 is 18.4 Å². The summed E-state index contributed by atoms with van der Waals surface area (Å²) in [5.74, 6) is -0.835. The average molecular weight is 189 g/mol. The minimum atomic E-state index is -2.99. The van der Waals surface area contributed by atoms with Crippen LogP contribution in [0, 0.1) is 0 Å². The third-order valence-electron chi connectivity index (χ3n) is 1.53. The number of carbonyl (C=O) groups excluding carboxylic acids is 1. The van der Waals surface area contributed by atoms with E-state index in [1.165, 1.54) is 6.26 Å². The van der Waals surface area contributed by atoms with Crippen LogP contribution in [0.5, 0.6) is 0 Å². The van der Waals surface area contributed by atoms with Gasteiger partial charge in [0, 0.05) is 0 Å². The Labute approximate surface area is 73.7 Å². The summed E-state index contributed by atoms with van der Waals surface area (Å²) < 4.78 is 28.5. The Morgan fingerprint density at radius 3 is 2.77 bits per heavy atom. The number of nitrogens with one attached hydrogen (secondary N) is 1. The van der Waals surface area contributed by atoms with Gasteiger partial charge in [0.15, 0.2) is 0 Å². The lowest BCUT2D eigenvalue weighted by molar-refractivity contribution is -0.132. The van der Waals surface area contributed by atoms with Crippen LogP contribution >= 0.6 is 0 Å². The molecule has 0 aliphatic rings. The lowest BCUT2D eigenvalue weighted by atomic mass is 10.2. The second-order valence-corrected chi connectivity index (χ2v) is 2.55. The molecule has 5 heteroatoms. The molecular formula is C8H9F2NO2. The van der Waals surface area contributed by atoms with Gasteiger partial charge in [0.25, 0.3) is 5.91 Å². The fourth-order valence-electron chi connectivity index (χ4n) is 0.885. The van der Waals surface area contributed by atoms with Gasteiger partial charge in [-0.15, -0.1) is 0 Å². The Hall–Kier alpha value is -1.39. The van der Waals surface area contributed by atoms with Crippen molar-refractivity contribution in [2.75, 3.05) is 0 Å². The molecule has 0 aliphatic heterocycles. The summed E-state index contributed by atoms with van der Waals surface area (Å²) >= 11 is 0. The first-order valence-corrected chi connectivity index (χ1v) is 3.73.